The van der Waals surface area contributed by atoms with Gasteiger partial charge in [-0.25, -0.2) is 4.98 Å². The van der Waals surface area contributed by atoms with E-state index in [4.69, 9.17) is 21.4 Å². The molecule has 0 saturated heterocycles. The first kappa shape index (κ1) is 25.4. The molecule has 2 N–H and O–H groups in total. The van der Waals surface area contributed by atoms with Crippen LogP contribution in [0.1, 0.15) is 61.9 Å². The highest BCUT2D eigenvalue weighted by Crippen LogP contribution is 2.28. The second kappa shape index (κ2) is 11.8. The molecule has 186 valence electrons. The number of rotatable bonds is 9. The number of thiocarbonyl (C=S) groups is 1. The van der Waals surface area contributed by atoms with Crippen LogP contribution in [0.2, 0.25) is 0 Å². The number of carbonyl (C=O) groups is 1. The number of benzene rings is 3. The Morgan fingerprint density at radius 1 is 1.08 bits per heavy atom. The molecule has 36 heavy (non-hydrogen) atoms. The van der Waals surface area contributed by atoms with Gasteiger partial charge < -0.3 is 14.5 Å². The van der Waals surface area contributed by atoms with Crippen molar-refractivity contribution in [2.24, 2.45) is 0 Å². The third-order valence-corrected chi connectivity index (χ3v) is 6.28. The number of carbonyl (C=O) groups excluding carboxylic acids is 1. The molecule has 0 aliphatic heterocycles. The zero-order valence-corrected chi connectivity index (χ0v) is 21.7. The van der Waals surface area contributed by atoms with Gasteiger partial charge in [-0.05, 0) is 91.1 Å². The summed E-state index contributed by atoms with van der Waals surface area (Å²) in [7, 11) is 0. The van der Waals surface area contributed by atoms with Crippen LogP contribution < -0.4 is 15.4 Å². The summed E-state index contributed by atoms with van der Waals surface area (Å²) in [4.78, 5) is 17.3. The van der Waals surface area contributed by atoms with Gasteiger partial charge in [-0.15, -0.1) is 0 Å². The molecule has 1 heterocycles. The van der Waals surface area contributed by atoms with Crippen molar-refractivity contribution in [1.29, 1.82) is 0 Å². The number of hydrogen-bond donors (Lipinski definition) is 2. The minimum atomic E-state index is -0.298. The van der Waals surface area contributed by atoms with Crippen LogP contribution in [0.15, 0.2) is 71.1 Å². The Hall–Kier alpha value is -3.71. The number of aromatic nitrogens is 1. The predicted octanol–water partition coefficient (Wildman–Crippen LogP) is 7.31. The molecule has 1 atom stereocenters. The molecule has 0 bridgehead atoms. The van der Waals surface area contributed by atoms with Crippen LogP contribution in [0, 0.1) is 0 Å². The van der Waals surface area contributed by atoms with E-state index < -0.39 is 0 Å². The first-order valence-electron chi connectivity index (χ1n) is 12.3. The number of nitrogens with zero attached hydrogens (tertiary/aromatic N) is 1. The van der Waals surface area contributed by atoms with Crippen LogP contribution in [0.3, 0.4) is 0 Å². The van der Waals surface area contributed by atoms with E-state index in [1.54, 1.807) is 18.2 Å². The van der Waals surface area contributed by atoms with Gasteiger partial charge >= 0.3 is 0 Å². The van der Waals surface area contributed by atoms with Crippen molar-refractivity contribution in [2.45, 2.75) is 46.0 Å². The summed E-state index contributed by atoms with van der Waals surface area (Å²) >= 11 is 5.34. The lowest BCUT2D eigenvalue weighted by molar-refractivity contribution is 0.0977. The van der Waals surface area contributed by atoms with Crippen LogP contribution in [0.5, 0.6) is 5.75 Å². The number of fused-ring (bicyclic) bond motifs is 1. The summed E-state index contributed by atoms with van der Waals surface area (Å²) in [6.45, 7) is 7.12. The quantitative estimate of drug-likeness (QED) is 0.185. The van der Waals surface area contributed by atoms with E-state index in [2.05, 4.69) is 48.5 Å². The van der Waals surface area contributed by atoms with Gasteiger partial charge in [0.25, 0.3) is 5.91 Å². The lowest BCUT2D eigenvalue weighted by Crippen LogP contribution is -2.34. The third kappa shape index (κ3) is 6.29. The second-order valence-corrected chi connectivity index (χ2v) is 9.18. The van der Waals surface area contributed by atoms with Crippen LogP contribution in [0.25, 0.3) is 22.6 Å². The maximum absolute atomic E-state index is 12.6. The normalized spacial score (nSPS) is 11.8. The molecule has 7 heteroatoms. The summed E-state index contributed by atoms with van der Waals surface area (Å²) < 4.78 is 11.6. The van der Waals surface area contributed by atoms with Crippen molar-refractivity contribution in [3.63, 3.8) is 0 Å². The molecule has 0 unspecified atom stereocenters. The molecular weight excluding hydrogens is 470 g/mol. The van der Waals surface area contributed by atoms with E-state index in [0.29, 0.717) is 29.7 Å². The highest BCUT2D eigenvalue weighted by Gasteiger charge is 2.12. The van der Waals surface area contributed by atoms with E-state index >= 15 is 0 Å². The lowest BCUT2D eigenvalue weighted by atomic mass is 9.98. The first-order valence-corrected chi connectivity index (χ1v) is 12.7. The van der Waals surface area contributed by atoms with Gasteiger partial charge in [-0.3, -0.25) is 10.1 Å². The van der Waals surface area contributed by atoms with Crippen LogP contribution >= 0.6 is 12.2 Å². The standard InChI is InChI=1S/C29H31N3O3S/c1-4-6-16-34-24-9-7-8-22(17-24)27(33)32-29(36)30-23-13-10-20(11-14-23)28-31-25-18-21(19(3)5-2)12-15-26(25)35-28/h7-15,17-19H,4-6,16H2,1-3H3,(H2,30,32,33,36)/t19-/m1/s1. The highest BCUT2D eigenvalue weighted by molar-refractivity contribution is 7.80. The van der Waals surface area contributed by atoms with Gasteiger partial charge in [0.15, 0.2) is 10.7 Å². The molecule has 0 spiro atoms. The van der Waals surface area contributed by atoms with Crippen LogP contribution in [0.4, 0.5) is 5.69 Å². The average Bonchev–Trinajstić information content (AvgIpc) is 3.32. The zero-order chi connectivity index (χ0) is 25.5. The maximum atomic E-state index is 12.6. The van der Waals surface area contributed by atoms with Gasteiger partial charge in [-0.1, -0.05) is 39.3 Å². The van der Waals surface area contributed by atoms with E-state index in [1.165, 1.54) is 5.56 Å². The number of nitrogens with one attached hydrogen (secondary N) is 2. The number of amides is 1. The Bertz CT molecular complexity index is 1350. The fraction of sp³-hybridized carbons (Fsp3) is 0.276. The molecule has 0 aliphatic carbocycles. The molecule has 3 aromatic carbocycles. The number of hydrogen-bond acceptors (Lipinski definition) is 5. The van der Waals surface area contributed by atoms with Crippen molar-refractivity contribution < 1.29 is 13.9 Å². The third-order valence-electron chi connectivity index (χ3n) is 6.07. The summed E-state index contributed by atoms with van der Waals surface area (Å²) in [6, 6.07) is 20.8. The minimum absolute atomic E-state index is 0.212. The molecule has 0 fully saturated rings. The van der Waals surface area contributed by atoms with Crippen molar-refractivity contribution in [1.82, 2.24) is 10.3 Å². The van der Waals surface area contributed by atoms with E-state index in [9.17, 15) is 4.79 Å². The van der Waals surface area contributed by atoms with Gasteiger partial charge in [0.2, 0.25) is 5.89 Å². The number of unbranched alkanes of at least 4 members (excludes halogenated alkanes) is 1. The molecule has 0 aliphatic rings. The first-order chi connectivity index (χ1) is 17.5. The van der Waals surface area contributed by atoms with Crippen molar-refractivity contribution >= 4 is 40.0 Å². The molecule has 6 nitrogen and oxygen atoms in total. The van der Waals surface area contributed by atoms with Gasteiger partial charge in [0.05, 0.1) is 6.61 Å². The molecule has 0 saturated carbocycles. The molecular formula is C29H31N3O3S. The van der Waals surface area contributed by atoms with Gasteiger partial charge in [0, 0.05) is 16.8 Å². The highest BCUT2D eigenvalue weighted by atomic mass is 32.1. The Kier molecular flexibility index (Phi) is 8.33. The van der Waals surface area contributed by atoms with E-state index in [1.807, 2.05) is 36.4 Å². The Labute approximate surface area is 217 Å². The number of oxazole rings is 1. The van der Waals surface area contributed by atoms with Crippen LogP contribution in [-0.4, -0.2) is 22.6 Å². The summed E-state index contributed by atoms with van der Waals surface area (Å²) in [5.41, 5.74) is 4.97. The van der Waals surface area contributed by atoms with Crippen molar-refractivity contribution in [2.75, 3.05) is 11.9 Å². The SMILES string of the molecule is CCCCOc1cccc(C(=O)NC(=S)Nc2ccc(-c3nc4cc([C@H](C)CC)ccc4o3)cc2)c1. The molecule has 0 radical (unpaired) electrons. The topological polar surface area (TPSA) is 76.4 Å². The average molecular weight is 502 g/mol. The lowest BCUT2D eigenvalue weighted by Gasteiger charge is -2.11. The van der Waals surface area contributed by atoms with E-state index in [-0.39, 0.29) is 11.0 Å². The Morgan fingerprint density at radius 2 is 1.89 bits per heavy atom. The Balaban J connectivity index is 1.37. The monoisotopic (exact) mass is 501 g/mol. The predicted molar refractivity (Wildman–Crippen MR) is 149 cm³/mol. The number of anilines is 1. The fourth-order valence-corrected chi connectivity index (χ4v) is 3.92. The largest absolute Gasteiger partial charge is 0.494 e. The van der Waals surface area contributed by atoms with Crippen molar-refractivity contribution in [3.8, 4) is 17.2 Å². The van der Waals surface area contributed by atoms with Crippen molar-refractivity contribution in [3.05, 3.63) is 77.9 Å². The summed E-state index contributed by atoms with van der Waals surface area (Å²) in [5.74, 6) is 1.41. The van der Waals surface area contributed by atoms with E-state index in [0.717, 1.165) is 41.6 Å². The van der Waals surface area contributed by atoms with Crippen LogP contribution in [-0.2, 0) is 0 Å². The molecule has 4 aromatic rings. The van der Waals surface area contributed by atoms with Gasteiger partial charge in [-0.2, -0.15) is 0 Å². The Morgan fingerprint density at radius 3 is 2.64 bits per heavy atom. The molecule has 4 rings (SSSR count). The number of ether oxygens (including phenoxy) is 1. The summed E-state index contributed by atoms with van der Waals surface area (Å²) in [6.07, 6.45) is 3.09. The summed E-state index contributed by atoms with van der Waals surface area (Å²) in [5, 5.41) is 5.98. The molecule has 1 aromatic heterocycles. The smallest absolute Gasteiger partial charge is 0.257 e. The fourth-order valence-electron chi connectivity index (χ4n) is 3.71. The second-order valence-electron chi connectivity index (χ2n) is 8.77. The minimum Gasteiger partial charge on any atom is -0.494 e. The zero-order valence-electron chi connectivity index (χ0n) is 20.8. The maximum Gasteiger partial charge on any atom is 0.257 e. The molecule has 1 amide bonds. The van der Waals surface area contributed by atoms with Gasteiger partial charge in [0.1, 0.15) is 11.3 Å².